The molecule has 0 unspecified atom stereocenters. The van der Waals surface area contributed by atoms with Gasteiger partial charge in [-0.1, -0.05) is 31.0 Å². The zero-order valence-corrected chi connectivity index (χ0v) is 12.6. The van der Waals surface area contributed by atoms with Crippen molar-refractivity contribution >= 4 is 5.97 Å². The van der Waals surface area contributed by atoms with Crippen molar-refractivity contribution in [3.63, 3.8) is 0 Å². The molecule has 1 aliphatic carbocycles. The fraction of sp³-hybridized carbons (Fsp3) is 0.333. The molecule has 3 rings (SSSR count). The van der Waals surface area contributed by atoms with Crippen molar-refractivity contribution < 1.29 is 14.3 Å². The van der Waals surface area contributed by atoms with Gasteiger partial charge in [-0.25, -0.2) is 4.79 Å². The number of benzene rings is 1. The monoisotopic (exact) mass is 297 g/mol. The van der Waals surface area contributed by atoms with Crippen LogP contribution in [0, 0.1) is 0 Å². The van der Waals surface area contributed by atoms with E-state index in [4.69, 9.17) is 9.47 Å². The van der Waals surface area contributed by atoms with E-state index in [9.17, 15) is 4.79 Å². The summed E-state index contributed by atoms with van der Waals surface area (Å²) in [4.78, 5) is 16.4. The van der Waals surface area contributed by atoms with E-state index in [1.165, 1.54) is 20.0 Å². The molecule has 0 amide bonds. The van der Waals surface area contributed by atoms with Gasteiger partial charge in [0, 0.05) is 23.9 Å². The molecule has 0 spiro atoms. The number of carbonyl (C=O) groups excluding carboxylic acids is 1. The van der Waals surface area contributed by atoms with Gasteiger partial charge in [0.05, 0.1) is 7.11 Å². The van der Waals surface area contributed by atoms with Gasteiger partial charge < -0.3 is 9.47 Å². The Bertz CT molecular complexity index is 649. The third kappa shape index (κ3) is 3.11. The van der Waals surface area contributed by atoms with E-state index in [1.807, 2.05) is 36.4 Å². The van der Waals surface area contributed by atoms with Crippen LogP contribution in [-0.2, 0) is 4.74 Å². The number of esters is 1. The molecule has 1 saturated carbocycles. The standard InChI is InChI=1S/C18H19NO3/c1-21-18(20)15-12-19-16(13-7-5-6-8-13)11-17(15)22-14-9-3-2-4-10-14/h2-4,9-13H,5-8H2,1H3. The van der Waals surface area contributed by atoms with Crippen molar-refractivity contribution in [2.45, 2.75) is 31.6 Å². The maximum atomic E-state index is 11.9. The predicted molar refractivity (Wildman–Crippen MR) is 83.3 cm³/mol. The Balaban J connectivity index is 1.95. The summed E-state index contributed by atoms with van der Waals surface area (Å²) in [5.74, 6) is 1.23. The highest BCUT2D eigenvalue weighted by atomic mass is 16.5. The van der Waals surface area contributed by atoms with Gasteiger partial charge in [0.15, 0.2) is 0 Å². The Morgan fingerprint density at radius 1 is 1.18 bits per heavy atom. The van der Waals surface area contributed by atoms with Crippen LogP contribution in [0.4, 0.5) is 0 Å². The SMILES string of the molecule is COC(=O)c1cnc(C2CCCC2)cc1Oc1ccccc1. The second-order valence-electron chi connectivity index (χ2n) is 5.49. The Labute approximate surface area is 130 Å². The summed E-state index contributed by atoms with van der Waals surface area (Å²) < 4.78 is 10.7. The number of nitrogens with zero attached hydrogens (tertiary/aromatic N) is 1. The highest BCUT2D eigenvalue weighted by Crippen LogP contribution is 2.36. The van der Waals surface area contributed by atoms with E-state index < -0.39 is 5.97 Å². The molecule has 1 aromatic carbocycles. The van der Waals surface area contributed by atoms with Crippen LogP contribution in [-0.4, -0.2) is 18.1 Å². The van der Waals surface area contributed by atoms with Crippen LogP contribution in [0.1, 0.15) is 47.7 Å². The number of carbonyl (C=O) groups is 1. The molecule has 4 heteroatoms. The molecule has 1 aromatic heterocycles. The van der Waals surface area contributed by atoms with Crippen LogP contribution in [0.25, 0.3) is 0 Å². The number of rotatable bonds is 4. The zero-order valence-electron chi connectivity index (χ0n) is 12.6. The largest absolute Gasteiger partial charge is 0.465 e. The van der Waals surface area contributed by atoms with E-state index in [1.54, 1.807) is 6.20 Å². The van der Waals surface area contributed by atoms with E-state index in [-0.39, 0.29) is 0 Å². The number of para-hydroxylation sites is 1. The normalized spacial score (nSPS) is 14.8. The Morgan fingerprint density at radius 2 is 1.91 bits per heavy atom. The topological polar surface area (TPSA) is 48.4 Å². The summed E-state index contributed by atoms with van der Waals surface area (Å²) in [6.07, 6.45) is 6.34. The molecular formula is C18H19NO3. The number of ether oxygens (including phenoxy) is 2. The Kier molecular flexibility index (Phi) is 4.37. The fourth-order valence-electron chi connectivity index (χ4n) is 2.86. The van der Waals surface area contributed by atoms with Gasteiger partial charge in [-0.3, -0.25) is 4.98 Å². The molecule has 0 saturated heterocycles. The summed E-state index contributed by atoms with van der Waals surface area (Å²) in [6.45, 7) is 0. The van der Waals surface area contributed by atoms with Crippen LogP contribution in [0.3, 0.4) is 0 Å². The maximum absolute atomic E-state index is 11.9. The highest BCUT2D eigenvalue weighted by molar-refractivity contribution is 5.92. The highest BCUT2D eigenvalue weighted by Gasteiger charge is 2.22. The third-order valence-electron chi connectivity index (χ3n) is 4.04. The first-order valence-corrected chi connectivity index (χ1v) is 7.59. The summed E-state index contributed by atoms with van der Waals surface area (Å²) in [5.41, 5.74) is 1.35. The molecule has 0 aliphatic heterocycles. The molecular weight excluding hydrogens is 278 g/mol. The number of hydrogen-bond acceptors (Lipinski definition) is 4. The first-order chi connectivity index (χ1) is 10.8. The van der Waals surface area contributed by atoms with Crippen molar-refractivity contribution in [3.05, 3.63) is 53.9 Å². The molecule has 114 valence electrons. The fourth-order valence-corrected chi connectivity index (χ4v) is 2.86. The van der Waals surface area contributed by atoms with Gasteiger partial charge in [-0.05, 0) is 25.0 Å². The molecule has 0 N–H and O–H groups in total. The minimum absolute atomic E-state index is 0.355. The molecule has 0 atom stereocenters. The molecule has 0 radical (unpaired) electrons. The number of aromatic nitrogens is 1. The molecule has 0 bridgehead atoms. The Morgan fingerprint density at radius 3 is 2.59 bits per heavy atom. The summed E-state index contributed by atoms with van der Waals surface area (Å²) in [6, 6.07) is 11.3. The number of methoxy groups -OCH3 is 1. The Hall–Kier alpha value is -2.36. The van der Waals surface area contributed by atoms with Crippen LogP contribution in [0.15, 0.2) is 42.6 Å². The van der Waals surface area contributed by atoms with Crippen molar-refractivity contribution in [2.75, 3.05) is 7.11 Å². The van der Waals surface area contributed by atoms with E-state index in [2.05, 4.69) is 4.98 Å². The molecule has 1 fully saturated rings. The second-order valence-corrected chi connectivity index (χ2v) is 5.49. The van der Waals surface area contributed by atoms with Gasteiger partial charge in [0.1, 0.15) is 17.1 Å². The van der Waals surface area contributed by atoms with Crippen molar-refractivity contribution in [1.82, 2.24) is 4.98 Å². The van der Waals surface area contributed by atoms with E-state index in [0.717, 1.165) is 18.5 Å². The minimum atomic E-state index is -0.434. The van der Waals surface area contributed by atoms with Gasteiger partial charge in [0.25, 0.3) is 0 Å². The maximum Gasteiger partial charge on any atom is 0.343 e. The van der Waals surface area contributed by atoms with Crippen LogP contribution in [0.2, 0.25) is 0 Å². The van der Waals surface area contributed by atoms with Gasteiger partial charge in [-0.15, -0.1) is 0 Å². The lowest BCUT2D eigenvalue weighted by Gasteiger charge is -2.14. The van der Waals surface area contributed by atoms with E-state index >= 15 is 0 Å². The lowest BCUT2D eigenvalue weighted by atomic mass is 10.0. The average molecular weight is 297 g/mol. The first kappa shape index (κ1) is 14.6. The second kappa shape index (κ2) is 6.60. The smallest absolute Gasteiger partial charge is 0.343 e. The van der Waals surface area contributed by atoms with Crippen LogP contribution < -0.4 is 4.74 Å². The average Bonchev–Trinajstić information content (AvgIpc) is 3.09. The predicted octanol–water partition coefficient (Wildman–Crippen LogP) is 4.32. The summed E-state index contributed by atoms with van der Waals surface area (Å²) in [5, 5.41) is 0. The third-order valence-corrected chi connectivity index (χ3v) is 4.04. The molecule has 1 aliphatic rings. The first-order valence-electron chi connectivity index (χ1n) is 7.59. The molecule has 22 heavy (non-hydrogen) atoms. The summed E-state index contributed by atoms with van der Waals surface area (Å²) in [7, 11) is 1.36. The molecule has 2 aromatic rings. The van der Waals surface area contributed by atoms with Crippen molar-refractivity contribution in [3.8, 4) is 11.5 Å². The molecule has 4 nitrogen and oxygen atoms in total. The van der Waals surface area contributed by atoms with Crippen molar-refractivity contribution in [1.29, 1.82) is 0 Å². The van der Waals surface area contributed by atoms with Crippen LogP contribution >= 0.6 is 0 Å². The minimum Gasteiger partial charge on any atom is -0.465 e. The number of pyridine rings is 1. The van der Waals surface area contributed by atoms with Gasteiger partial charge >= 0.3 is 5.97 Å². The van der Waals surface area contributed by atoms with Gasteiger partial charge in [-0.2, -0.15) is 0 Å². The number of hydrogen-bond donors (Lipinski definition) is 0. The lowest BCUT2D eigenvalue weighted by Crippen LogP contribution is -2.07. The zero-order chi connectivity index (χ0) is 15.4. The van der Waals surface area contributed by atoms with Crippen LogP contribution in [0.5, 0.6) is 11.5 Å². The van der Waals surface area contributed by atoms with Crippen molar-refractivity contribution in [2.24, 2.45) is 0 Å². The van der Waals surface area contributed by atoms with Gasteiger partial charge in [0.2, 0.25) is 0 Å². The molecule has 1 heterocycles. The lowest BCUT2D eigenvalue weighted by molar-refractivity contribution is 0.0597. The quantitative estimate of drug-likeness (QED) is 0.789. The van der Waals surface area contributed by atoms with E-state index in [0.29, 0.717) is 23.0 Å². The summed E-state index contributed by atoms with van der Waals surface area (Å²) >= 11 is 0.